The molecule has 3 rings (SSSR count). The Labute approximate surface area is 102 Å². The SMILES string of the molecule is Clc1cccc2nc(-c3ccccc3)sc12. The van der Waals surface area contributed by atoms with E-state index in [-0.39, 0.29) is 0 Å². The molecule has 0 aliphatic heterocycles. The summed E-state index contributed by atoms with van der Waals surface area (Å²) in [6.07, 6.45) is 0. The molecule has 0 bridgehead atoms. The highest BCUT2D eigenvalue weighted by Crippen LogP contribution is 2.33. The minimum atomic E-state index is 0.775. The standard InChI is InChI=1S/C13H8ClNS/c14-10-7-4-8-11-12(10)16-13(15-11)9-5-2-1-3-6-9/h1-8H. The van der Waals surface area contributed by atoms with Gasteiger partial charge >= 0.3 is 0 Å². The molecule has 1 aromatic heterocycles. The van der Waals surface area contributed by atoms with Crippen molar-refractivity contribution in [1.29, 1.82) is 0 Å². The molecule has 0 aliphatic carbocycles. The predicted octanol–water partition coefficient (Wildman–Crippen LogP) is 4.62. The first-order valence-corrected chi connectivity index (χ1v) is 6.14. The van der Waals surface area contributed by atoms with Gasteiger partial charge in [-0.05, 0) is 12.1 Å². The third-order valence-electron chi connectivity index (χ3n) is 2.39. The Balaban J connectivity index is 2.23. The molecule has 0 saturated heterocycles. The fraction of sp³-hybridized carbons (Fsp3) is 0. The van der Waals surface area contributed by atoms with Gasteiger partial charge in [0.25, 0.3) is 0 Å². The molecule has 2 aromatic carbocycles. The minimum absolute atomic E-state index is 0.775. The second kappa shape index (κ2) is 3.89. The topological polar surface area (TPSA) is 12.9 Å². The lowest BCUT2D eigenvalue weighted by molar-refractivity contribution is 1.48. The number of hydrogen-bond acceptors (Lipinski definition) is 2. The molecule has 0 radical (unpaired) electrons. The molecule has 3 heteroatoms. The lowest BCUT2D eigenvalue weighted by Crippen LogP contribution is -1.73. The van der Waals surface area contributed by atoms with Crippen molar-refractivity contribution in [3.8, 4) is 10.6 Å². The summed E-state index contributed by atoms with van der Waals surface area (Å²) >= 11 is 7.76. The Morgan fingerprint density at radius 3 is 2.50 bits per heavy atom. The van der Waals surface area contributed by atoms with Gasteiger partial charge in [-0.1, -0.05) is 48.0 Å². The van der Waals surface area contributed by atoms with E-state index in [0.29, 0.717) is 0 Å². The van der Waals surface area contributed by atoms with Crippen LogP contribution in [0.25, 0.3) is 20.8 Å². The molecule has 78 valence electrons. The number of hydrogen-bond donors (Lipinski definition) is 0. The normalized spacial score (nSPS) is 10.8. The molecular weight excluding hydrogens is 238 g/mol. The van der Waals surface area contributed by atoms with Gasteiger partial charge in [0.2, 0.25) is 0 Å². The quantitative estimate of drug-likeness (QED) is 0.610. The number of halogens is 1. The third kappa shape index (κ3) is 1.60. The number of benzene rings is 2. The average Bonchev–Trinajstić information content (AvgIpc) is 2.76. The lowest BCUT2D eigenvalue weighted by Gasteiger charge is -1.92. The molecule has 16 heavy (non-hydrogen) atoms. The van der Waals surface area contributed by atoms with Crippen molar-refractivity contribution in [1.82, 2.24) is 4.98 Å². The summed E-state index contributed by atoms with van der Waals surface area (Å²) in [5.74, 6) is 0. The summed E-state index contributed by atoms with van der Waals surface area (Å²) in [4.78, 5) is 4.58. The summed E-state index contributed by atoms with van der Waals surface area (Å²) in [5.41, 5.74) is 2.11. The molecule has 0 atom stereocenters. The van der Waals surface area contributed by atoms with Crippen LogP contribution in [-0.2, 0) is 0 Å². The van der Waals surface area contributed by atoms with Gasteiger partial charge in [-0.25, -0.2) is 4.98 Å². The van der Waals surface area contributed by atoms with Crippen LogP contribution in [0.4, 0.5) is 0 Å². The highest BCUT2D eigenvalue weighted by molar-refractivity contribution is 7.22. The smallest absolute Gasteiger partial charge is 0.124 e. The molecular formula is C13H8ClNS. The van der Waals surface area contributed by atoms with E-state index in [0.717, 1.165) is 25.8 Å². The van der Waals surface area contributed by atoms with Crippen molar-refractivity contribution < 1.29 is 0 Å². The molecule has 0 aliphatic rings. The Kier molecular flexibility index (Phi) is 2.39. The van der Waals surface area contributed by atoms with Gasteiger partial charge in [0, 0.05) is 5.56 Å². The molecule has 1 nitrogen and oxygen atoms in total. The van der Waals surface area contributed by atoms with Crippen LogP contribution in [0.5, 0.6) is 0 Å². The fourth-order valence-electron chi connectivity index (χ4n) is 1.62. The largest absolute Gasteiger partial charge is 0.236 e. The van der Waals surface area contributed by atoms with Gasteiger partial charge in [-0.15, -0.1) is 11.3 Å². The zero-order chi connectivity index (χ0) is 11.0. The number of rotatable bonds is 1. The summed E-state index contributed by atoms with van der Waals surface area (Å²) in [6.45, 7) is 0. The van der Waals surface area contributed by atoms with Crippen LogP contribution < -0.4 is 0 Å². The van der Waals surface area contributed by atoms with Crippen molar-refractivity contribution in [2.24, 2.45) is 0 Å². The maximum Gasteiger partial charge on any atom is 0.124 e. The van der Waals surface area contributed by atoms with Crippen molar-refractivity contribution in [2.45, 2.75) is 0 Å². The predicted molar refractivity (Wildman–Crippen MR) is 70.1 cm³/mol. The average molecular weight is 246 g/mol. The third-order valence-corrected chi connectivity index (χ3v) is 3.97. The number of fused-ring (bicyclic) bond motifs is 1. The van der Waals surface area contributed by atoms with Crippen molar-refractivity contribution in [2.75, 3.05) is 0 Å². The van der Waals surface area contributed by atoms with Crippen LogP contribution in [0, 0.1) is 0 Å². The fourth-order valence-corrected chi connectivity index (χ4v) is 2.88. The summed E-state index contributed by atoms with van der Waals surface area (Å²) in [6, 6.07) is 16.0. The van der Waals surface area contributed by atoms with E-state index in [4.69, 9.17) is 11.6 Å². The van der Waals surface area contributed by atoms with Crippen LogP contribution in [-0.4, -0.2) is 4.98 Å². The molecule has 0 saturated carbocycles. The summed E-state index contributed by atoms with van der Waals surface area (Å²) < 4.78 is 1.06. The van der Waals surface area contributed by atoms with E-state index >= 15 is 0 Å². The Morgan fingerprint density at radius 1 is 0.938 bits per heavy atom. The van der Waals surface area contributed by atoms with Crippen LogP contribution in [0.15, 0.2) is 48.5 Å². The molecule has 0 fully saturated rings. The van der Waals surface area contributed by atoms with Crippen LogP contribution in [0.1, 0.15) is 0 Å². The van der Waals surface area contributed by atoms with E-state index in [1.165, 1.54) is 0 Å². The summed E-state index contributed by atoms with van der Waals surface area (Å²) in [5, 5.41) is 1.79. The molecule has 0 amide bonds. The zero-order valence-corrected chi connectivity index (χ0v) is 9.92. The van der Waals surface area contributed by atoms with E-state index in [1.54, 1.807) is 11.3 Å². The van der Waals surface area contributed by atoms with E-state index in [9.17, 15) is 0 Å². The van der Waals surface area contributed by atoms with Crippen LogP contribution >= 0.6 is 22.9 Å². The van der Waals surface area contributed by atoms with E-state index in [2.05, 4.69) is 17.1 Å². The van der Waals surface area contributed by atoms with Crippen molar-refractivity contribution in [3.63, 3.8) is 0 Å². The van der Waals surface area contributed by atoms with Gasteiger partial charge in [0.05, 0.1) is 15.2 Å². The first-order chi connectivity index (χ1) is 7.84. The monoisotopic (exact) mass is 245 g/mol. The van der Waals surface area contributed by atoms with Gasteiger partial charge in [0.15, 0.2) is 0 Å². The molecule has 3 aromatic rings. The summed E-state index contributed by atoms with van der Waals surface area (Å²) in [7, 11) is 0. The second-order valence-corrected chi connectivity index (χ2v) is 4.88. The second-order valence-electron chi connectivity index (χ2n) is 3.47. The van der Waals surface area contributed by atoms with Gasteiger partial charge in [-0.3, -0.25) is 0 Å². The van der Waals surface area contributed by atoms with Crippen molar-refractivity contribution in [3.05, 3.63) is 53.6 Å². The van der Waals surface area contributed by atoms with Gasteiger partial charge < -0.3 is 0 Å². The maximum atomic E-state index is 6.13. The number of nitrogens with zero attached hydrogens (tertiary/aromatic N) is 1. The Bertz CT molecular complexity index is 631. The van der Waals surface area contributed by atoms with E-state index in [1.807, 2.05) is 36.4 Å². The first-order valence-electron chi connectivity index (χ1n) is 4.95. The van der Waals surface area contributed by atoms with Crippen LogP contribution in [0.3, 0.4) is 0 Å². The lowest BCUT2D eigenvalue weighted by atomic mass is 10.2. The van der Waals surface area contributed by atoms with Crippen molar-refractivity contribution >= 4 is 33.2 Å². The Morgan fingerprint density at radius 2 is 1.75 bits per heavy atom. The first kappa shape index (κ1) is 9.82. The number of thiazole rings is 1. The highest BCUT2D eigenvalue weighted by Gasteiger charge is 2.07. The minimum Gasteiger partial charge on any atom is -0.236 e. The van der Waals surface area contributed by atoms with Gasteiger partial charge in [-0.2, -0.15) is 0 Å². The van der Waals surface area contributed by atoms with Crippen LogP contribution in [0.2, 0.25) is 5.02 Å². The molecule has 0 unspecified atom stereocenters. The molecule has 0 N–H and O–H groups in total. The Hall–Kier alpha value is -1.38. The highest BCUT2D eigenvalue weighted by atomic mass is 35.5. The maximum absolute atomic E-state index is 6.13. The zero-order valence-electron chi connectivity index (χ0n) is 8.35. The van der Waals surface area contributed by atoms with Gasteiger partial charge in [0.1, 0.15) is 5.01 Å². The molecule has 0 spiro atoms. The number of aromatic nitrogens is 1. The molecule has 1 heterocycles. The van der Waals surface area contributed by atoms with E-state index < -0.39 is 0 Å².